The molecule has 0 aromatic heterocycles. The molecule has 0 saturated heterocycles. The molecule has 0 unspecified atom stereocenters. The third kappa shape index (κ3) is 1.32. The summed E-state index contributed by atoms with van der Waals surface area (Å²) in [7, 11) is 0. The largest absolute Gasteiger partial charge is 0.480 e. The number of hydrogen-bond donors (Lipinski definition) is 2. The molecule has 0 aromatic carbocycles. The summed E-state index contributed by atoms with van der Waals surface area (Å²) < 4.78 is 0. The van der Waals surface area contributed by atoms with Crippen molar-refractivity contribution in [3.8, 4) is 0 Å². The van der Waals surface area contributed by atoms with E-state index in [-0.39, 0.29) is 5.41 Å². The Morgan fingerprint density at radius 2 is 1.53 bits per heavy atom. The van der Waals surface area contributed by atoms with Gasteiger partial charge in [0, 0.05) is 0 Å². The number of nitrogens with two attached hydrogens (primary N) is 1. The minimum Gasteiger partial charge on any atom is -0.480 e. The Hall–Kier alpha value is -0.570. The van der Waals surface area contributed by atoms with Crippen LogP contribution in [0.4, 0.5) is 0 Å². The number of carboxylic acid groups (broad SMARTS) is 1. The van der Waals surface area contributed by atoms with E-state index in [1.54, 1.807) is 0 Å². The van der Waals surface area contributed by atoms with Gasteiger partial charge in [-0.3, -0.25) is 4.79 Å². The molecule has 0 heterocycles. The van der Waals surface area contributed by atoms with Crippen LogP contribution in [0.5, 0.6) is 0 Å². The first-order chi connectivity index (χ1) is 7.09. The molecule has 4 saturated carbocycles. The van der Waals surface area contributed by atoms with Crippen molar-refractivity contribution in [1.29, 1.82) is 0 Å². The molecule has 4 bridgehead atoms. The van der Waals surface area contributed by atoms with E-state index in [1.165, 1.54) is 19.3 Å². The molecule has 3 nitrogen and oxygen atoms in total. The maximum atomic E-state index is 11.1. The second-order valence-electron chi connectivity index (χ2n) is 6.10. The van der Waals surface area contributed by atoms with Crippen molar-refractivity contribution in [3.63, 3.8) is 0 Å². The third-order valence-corrected chi connectivity index (χ3v) is 5.01. The number of hydrogen-bond acceptors (Lipinski definition) is 2. The molecule has 0 amide bonds. The predicted molar refractivity (Wildman–Crippen MR) is 56.2 cm³/mol. The fraction of sp³-hybridized carbons (Fsp3) is 0.917. The van der Waals surface area contributed by atoms with Crippen LogP contribution in [0.1, 0.15) is 38.5 Å². The summed E-state index contributed by atoms with van der Waals surface area (Å²) in [6, 6.07) is -0.620. The van der Waals surface area contributed by atoms with E-state index < -0.39 is 12.0 Å². The Labute approximate surface area is 90.0 Å². The lowest BCUT2D eigenvalue weighted by Gasteiger charge is -2.58. The van der Waals surface area contributed by atoms with Gasteiger partial charge in [-0.05, 0) is 61.7 Å². The van der Waals surface area contributed by atoms with E-state index in [1.807, 2.05) is 0 Å². The van der Waals surface area contributed by atoms with Gasteiger partial charge in [0.25, 0.3) is 0 Å². The van der Waals surface area contributed by atoms with Gasteiger partial charge in [0.05, 0.1) is 0 Å². The van der Waals surface area contributed by atoms with E-state index in [0.29, 0.717) is 0 Å². The van der Waals surface area contributed by atoms with Crippen LogP contribution < -0.4 is 5.73 Å². The van der Waals surface area contributed by atoms with Crippen molar-refractivity contribution in [2.45, 2.75) is 44.6 Å². The van der Waals surface area contributed by atoms with Crippen molar-refractivity contribution < 1.29 is 9.90 Å². The molecule has 4 aliphatic carbocycles. The summed E-state index contributed by atoms with van der Waals surface area (Å²) in [4.78, 5) is 11.1. The summed E-state index contributed by atoms with van der Waals surface area (Å²) in [6.45, 7) is 0. The summed E-state index contributed by atoms with van der Waals surface area (Å²) >= 11 is 0. The van der Waals surface area contributed by atoms with Gasteiger partial charge >= 0.3 is 5.97 Å². The molecular weight excluding hydrogens is 190 g/mol. The van der Waals surface area contributed by atoms with Gasteiger partial charge in [-0.1, -0.05) is 0 Å². The highest BCUT2D eigenvalue weighted by Crippen LogP contribution is 2.60. The molecule has 3 heteroatoms. The lowest BCUT2D eigenvalue weighted by molar-refractivity contribution is -0.149. The summed E-state index contributed by atoms with van der Waals surface area (Å²) in [5.74, 6) is 1.54. The summed E-state index contributed by atoms with van der Waals surface area (Å²) in [5, 5.41) is 9.12. The van der Waals surface area contributed by atoms with Crippen molar-refractivity contribution in [2.75, 3.05) is 0 Å². The molecule has 4 aliphatic rings. The molecule has 4 fully saturated rings. The van der Waals surface area contributed by atoms with Crippen LogP contribution in [0.15, 0.2) is 0 Å². The van der Waals surface area contributed by atoms with Gasteiger partial charge in [-0.2, -0.15) is 0 Å². The van der Waals surface area contributed by atoms with Gasteiger partial charge in [-0.15, -0.1) is 0 Å². The number of carboxylic acids is 1. The zero-order valence-corrected chi connectivity index (χ0v) is 8.98. The van der Waals surface area contributed by atoms with E-state index in [4.69, 9.17) is 10.8 Å². The van der Waals surface area contributed by atoms with E-state index in [0.717, 1.165) is 37.0 Å². The fourth-order valence-corrected chi connectivity index (χ4v) is 4.82. The molecule has 15 heavy (non-hydrogen) atoms. The molecule has 0 radical (unpaired) electrons. The van der Waals surface area contributed by atoms with Crippen LogP contribution >= 0.6 is 0 Å². The van der Waals surface area contributed by atoms with Crippen molar-refractivity contribution >= 4 is 5.97 Å². The molecule has 3 N–H and O–H groups in total. The number of rotatable bonds is 2. The van der Waals surface area contributed by atoms with Gasteiger partial charge < -0.3 is 10.8 Å². The van der Waals surface area contributed by atoms with E-state index in [9.17, 15) is 4.79 Å². The average molecular weight is 209 g/mol. The lowest BCUT2D eigenvalue weighted by atomic mass is 9.48. The van der Waals surface area contributed by atoms with Gasteiger partial charge in [0.2, 0.25) is 0 Å². The molecule has 4 rings (SSSR count). The second-order valence-corrected chi connectivity index (χ2v) is 6.10. The Morgan fingerprint density at radius 1 is 1.13 bits per heavy atom. The molecule has 0 spiro atoms. The topological polar surface area (TPSA) is 63.3 Å². The normalized spacial score (nSPS) is 49.3. The van der Waals surface area contributed by atoms with Crippen LogP contribution in [0.2, 0.25) is 0 Å². The highest BCUT2D eigenvalue weighted by Gasteiger charge is 2.55. The fourth-order valence-electron chi connectivity index (χ4n) is 4.82. The molecule has 1 atom stereocenters. The summed E-state index contributed by atoms with van der Waals surface area (Å²) in [5.41, 5.74) is 5.87. The average Bonchev–Trinajstić information content (AvgIpc) is 2.14. The minimum atomic E-state index is -0.794. The van der Waals surface area contributed by atoms with Crippen LogP contribution in [0.25, 0.3) is 0 Å². The number of aliphatic carboxylic acids is 1. The first kappa shape index (κ1) is 9.64. The van der Waals surface area contributed by atoms with Crippen molar-refractivity contribution in [2.24, 2.45) is 28.9 Å². The van der Waals surface area contributed by atoms with Gasteiger partial charge in [0.1, 0.15) is 6.04 Å². The van der Waals surface area contributed by atoms with Crippen LogP contribution in [-0.2, 0) is 4.79 Å². The Kier molecular flexibility index (Phi) is 1.91. The summed E-state index contributed by atoms with van der Waals surface area (Å²) in [6.07, 6.45) is 7.24. The molecular formula is C12H19NO2. The van der Waals surface area contributed by atoms with E-state index >= 15 is 0 Å². The van der Waals surface area contributed by atoms with Crippen LogP contribution in [0, 0.1) is 23.2 Å². The SMILES string of the molecule is N[C@@H](C(=O)O)C12CC3CC(CC(C3)C1)C2. The molecule has 0 aromatic rings. The standard InChI is InChI=1S/C12H19NO2/c13-10(11(14)15)12-4-7-1-8(5-12)3-9(2-7)6-12/h7-10H,1-6,13H2,(H,14,15)/t7?,8?,9?,10-,12?/m0/s1. The van der Waals surface area contributed by atoms with Crippen molar-refractivity contribution in [1.82, 2.24) is 0 Å². The number of carbonyl (C=O) groups is 1. The van der Waals surface area contributed by atoms with Gasteiger partial charge in [0.15, 0.2) is 0 Å². The van der Waals surface area contributed by atoms with Gasteiger partial charge in [-0.25, -0.2) is 0 Å². The monoisotopic (exact) mass is 209 g/mol. The second kappa shape index (κ2) is 2.97. The zero-order valence-electron chi connectivity index (χ0n) is 8.98. The first-order valence-electron chi connectivity index (χ1n) is 6.07. The highest BCUT2D eigenvalue weighted by atomic mass is 16.4. The third-order valence-electron chi connectivity index (χ3n) is 5.01. The lowest BCUT2D eigenvalue weighted by Crippen LogP contribution is -2.57. The predicted octanol–water partition coefficient (Wildman–Crippen LogP) is 1.61. The van der Waals surface area contributed by atoms with Crippen molar-refractivity contribution in [3.05, 3.63) is 0 Å². The van der Waals surface area contributed by atoms with E-state index in [2.05, 4.69) is 0 Å². The Morgan fingerprint density at radius 3 is 1.87 bits per heavy atom. The Balaban J connectivity index is 1.89. The zero-order chi connectivity index (χ0) is 10.6. The maximum Gasteiger partial charge on any atom is 0.321 e. The smallest absolute Gasteiger partial charge is 0.321 e. The highest BCUT2D eigenvalue weighted by molar-refractivity contribution is 5.74. The quantitative estimate of drug-likeness (QED) is 0.726. The first-order valence-corrected chi connectivity index (χ1v) is 6.07. The van der Waals surface area contributed by atoms with Crippen LogP contribution in [0.3, 0.4) is 0 Å². The Bertz CT molecular complexity index is 265. The molecule has 84 valence electrons. The maximum absolute atomic E-state index is 11.1. The molecule has 0 aliphatic heterocycles. The minimum absolute atomic E-state index is 0.0411. The van der Waals surface area contributed by atoms with Crippen LogP contribution in [-0.4, -0.2) is 17.1 Å².